The Bertz CT molecular complexity index is 982. The summed E-state index contributed by atoms with van der Waals surface area (Å²) in [4.78, 5) is 0.217. The zero-order valence-electron chi connectivity index (χ0n) is 13.8. The second kappa shape index (κ2) is 7.32. The third-order valence-corrected chi connectivity index (χ3v) is 5.01. The van der Waals surface area contributed by atoms with Gasteiger partial charge in [0.2, 0.25) is 0 Å². The monoisotopic (exact) mass is 351 g/mol. The Balaban J connectivity index is 2.05. The summed E-state index contributed by atoms with van der Waals surface area (Å²) in [6, 6.07) is 25.4. The number of benzene rings is 3. The zero-order chi connectivity index (χ0) is 17.7. The lowest BCUT2D eigenvalue weighted by Crippen LogP contribution is -2.78. The van der Waals surface area contributed by atoms with Gasteiger partial charge in [-0.25, -0.2) is 5.32 Å². The predicted molar refractivity (Wildman–Crippen MR) is 99.9 cm³/mol. The van der Waals surface area contributed by atoms with E-state index in [1.54, 1.807) is 30.3 Å². The van der Waals surface area contributed by atoms with E-state index >= 15 is 0 Å². The molecular formula is C20H19N2O2S+. The first-order valence-electron chi connectivity index (χ1n) is 7.88. The van der Waals surface area contributed by atoms with Gasteiger partial charge in [-0.1, -0.05) is 48.5 Å². The number of hydrogen-bond donors (Lipinski definition) is 2. The molecule has 0 aliphatic rings. The van der Waals surface area contributed by atoms with Crippen molar-refractivity contribution in [3.05, 3.63) is 96.1 Å². The van der Waals surface area contributed by atoms with Gasteiger partial charge in [-0.15, -0.1) is 0 Å². The van der Waals surface area contributed by atoms with Crippen LogP contribution in [-0.4, -0.2) is 14.3 Å². The van der Waals surface area contributed by atoms with E-state index in [4.69, 9.17) is 0 Å². The second-order valence-corrected chi connectivity index (χ2v) is 7.34. The summed E-state index contributed by atoms with van der Waals surface area (Å²) in [7, 11) is -3.69. The van der Waals surface area contributed by atoms with Gasteiger partial charge in [-0.05, 0) is 48.9 Å². The predicted octanol–water partition coefficient (Wildman–Crippen LogP) is 2.32. The lowest BCUT2D eigenvalue weighted by Gasteiger charge is -2.05. The van der Waals surface area contributed by atoms with E-state index in [0.717, 1.165) is 16.8 Å². The molecule has 4 nitrogen and oxygen atoms in total. The van der Waals surface area contributed by atoms with E-state index in [0.29, 0.717) is 5.84 Å². The molecule has 2 N–H and O–H groups in total. The molecule has 0 aliphatic carbocycles. The van der Waals surface area contributed by atoms with Gasteiger partial charge in [0.1, 0.15) is 10.6 Å². The molecular weight excluding hydrogens is 332 g/mol. The Morgan fingerprint density at radius 1 is 0.840 bits per heavy atom. The molecule has 3 aromatic rings. The van der Waals surface area contributed by atoms with E-state index in [9.17, 15) is 8.42 Å². The SMILES string of the molecule is Cc1cccc(NC(=[NH+]S(=O)(=O)c2ccccc2)c2ccccc2)c1. The quantitative estimate of drug-likeness (QED) is 0.560. The Kier molecular flexibility index (Phi) is 4.95. The van der Waals surface area contributed by atoms with Crippen molar-refractivity contribution in [3.8, 4) is 0 Å². The Hall–Kier alpha value is -2.92. The average Bonchev–Trinajstić information content (AvgIpc) is 2.63. The fourth-order valence-electron chi connectivity index (χ4n) is 2.42. The minimum Gasteiger partial charge on any atom is -0.240 e. The van der Waals surface area contributed by atoms with E-state index in [1.165, 1.54) is 0 Å². The smallest absolute Gasteiger partial charge is 0.240 e. The molecule has 0 atom stereocenters. The molecule has 0 aromatic heterocycles. The van der Waals surface area contributed by atoms with Crippen LogP contribution >= 0.6 is 0 Å². The highest BCUT2D eigenvalue weighted by atomic mass is 32.2. The number of rotatable bonds is 4. The summed E-state index contributed by atoms with van der Waals surface area (Å²) in [6.45, 7) is 1.99. The first-order valence-corrected chi connectivity index (χ1v) is 9.37. The van der Waals surface area contributed by atoms with Crippen molar-refractivity contribution in [2.45, 2.75) is 11.8 Å². The molecule has 5 heteroatoms. The van der Waals surface area contributed by atoms with Crippen molar-refractivity contribution < 1.29 is 12.8 Å². The first-order chi connectivity index (χ1) is 12.0. The van der Waals surface area contributed by atoms with Crippen LogP contribution in [0.5, 0.6) is 0 Å². The number of amidine groups is 1. The lowest BCUT2D eigenvalue weighted by atomic mass is 10.2. The fourth-order valence-corrected chi connectivity index (χ4v) is 3.49. The van der Waals surface area contributed by atoms with Crippen LogP contribution in [0.15, 0.2) is 89.8 Å². The number of aryl methyl sites for hydroxylation is 1. The fraction of sp³-hybridized carbons (Fsp3) is 0.0500. The molecule has 0 bridgehead atoms. The summed E-state index contributed by atoms with van der Waals surface area (Å²) in [5.74, 6) is 0.412. The second-order valence-electron chi connectivity index (χ2n) is 5.65. The summed E-state index contributed by atoms with van der Waals surface area (Å²) in [5, 5.41) is 3.19. The van der Waals surface area contributed by atoms with Crippen LogP contribution in [0.4, 0.5) is 5.69 Å². The van der Waals surface area contributed by atoms with Crippen LogP contribution in [0, 0.1) is 6.92 Å². The van der Waals surface area contributed by atoms with Crippen molar-refractivity contribution in [3.63, 3.8) is 0 Å². The van der Waals surface area contributed by atoms with Crippen molar-refractivity contribution in [1.82, 2.24) is 0 Å². The maximum Gasteiger partial charge on any atom is 0.328 e. The lowest BCUT2D eigenvalue weighted by molar-refractivity contribution is -0.266. The van der Waals surface area contributed by atoms with Crippen LogP contribution in [0.2, 0.25) is 0 Å². The molecule has 0 unspecified atom stereocenters. The molecule has 0 aliphatic heterocycles. The van der Waals surface area contributed by atoms with E-state index in [1.807, 2.05) is 61.5 Å². The first kappa shape index (κ1) is 16.9. The highest BCUT2D eigenvalue weighted by Crippen LogP contribution is 2.11. The van der Waals surface area contributed by atoms with Crippen LogP contribution in [0.1, 0.15) is 11.1 Å². The summed E-state index contributed by atoms with van der Waals surface area (Å²) < 4.78 is 28.1. The maximum absolute atomic E-state index is 12.7. The van der Waals surface area contributed by atoms with E-state index < -0.39 is 10.0 Å². The Morgan fingerprint density at radius 3 is 2.12 bits per heavy atom. The van der Waals surface area contributed by atoms with Crippen molar-refractivity contribution in [1.29, 1.82) is 0 Å². The minimum atomic E-state index is -3.69. The highest BCUT2D eigenvalue weighted by molar-refractivity contribution is 7.84. The number of anilines is 1. The number of hydrogen-bond acceptors (Lipinski definition) is 2. The third kappa shape index (κ3) is 4.33. The van der Waals surface area contributed by atoms with Crippen molar-refractivity contribution >= 4 is 21.5 Å². The molecule has 0 fully saturated rings. The molecule has 0 amide bonds. The molecule has 3 aromatic carbocycles. The average molecular weight is 351 g/mol. The van der Waals surface area contributed by atoms with Gasteiger partial charge in [0, 0.05) is 0 Å². The molecule has 0 saturated heterocycles. The van der Waals surface area contributed by atoms with Crippen molar-refractivity contribution in [2.75, 3.05) is 5.32 Å². The molecule has 0 radical (unpaired) electrons. The van der Waals surface area contributed by atoms with Gasteiger partial charge in [-0.2, -0.15) is 12.8 Å². The topological polar surface area (TPSA) is 60.1 Å². The van der Waals surface area contributed by atoms with Gasteiger partial charge < -0.3 is 0 Å². The third-order valence-electron chi connectivity index (χ3n) is 3.64. The Labute approximate surface area is 147 Å². The highest BCUT2D eigenvalue weighted by Gasteiger charge is 2.20. The van der Waals surface area contributed by atoms with E-state index in [-0.39, 0.29) is 4.90 Å². The van der Waals surface area contributed by atoms with Crippen LogP contribution in [-0.2, 0) is 10.0 Å². The molecule has 25 heavy (non-hydrogen) atoms. The molecule has 3 rings (SSSR count). The maximum atomic E-state index is 12.7. The number of nitrogens with one attached hydrogen (secondary N) is 2. The summed E-state index contributed by atoms with van der Waals surface area (Å²) >= 11 is 0. The number of sulfonamides is 1. The minimum absolute atomic E-state index is 0.217. The summed E-state index contributed by atoms with van der Waals surface area (Å²) in [5.41, 5.74) is 2.65. The molecule has 126 valence electrons. The zero-order valence-corrected chi connectivity index (χ0v) is 14.6. The summed E-state index contributed by atoms with van der Waals surface area (Å²) in [6.07, 6.45) is 0. The van der Waals surface area contributed by atoms with Crippen molar-refractivity contribution in [2.24, 2.45) is 0 Å². The molecule has 0 saturated carbocycles. The molecule has 0 heterocycles. The van der Waals surface area contributed by atoms with Crippen LogP contribution in [0.3, 0.4) is 0 Å². The normalized spacial score (nSPS) is 12.0. The van der Waals surface area contributed by atoms with Crippen LogP contribution in [0.25, 0.3) is 0 Å². The van der Waals surface area contributed by atoms with Gasteiger partial charge in [0.25, 0.3) is 5.84 Å². The Morgan fingerprint density at radius 2 is 1.48 bits per heavy atom. The van der Waals surface area contributed by atoms with Gasteiger partial charge in [-0.3, -0.25) is 0 Å². The van der Waals surface area contributed by atoms with E-state index in [2.05, 4.69) is 9.71 Å². The standard InChI is InChI=1S/C20H18N2O2S/c1-16-9-8-12-18(15-16)21-20(17-10-4-2-5-11-17)22-25(23,24)19-13-6-3-7-14-19/h2-15H,1H3,(H,21,22)/p+1. The van der Waals surface area contributed by atoms with Gasteiger partial charge in [0.15, 0.2) is 0 Å². The van der Waals surface area contributed by atoms with Gasteiger partial charge >= 0.3 is 10.0 Å². The molecule has 0 spiro atoms. The van der Waals surface area contributed by atoms with Crippen LogP contribution < -0.4 is 9.71 Å². The largest absolute Gasteiger partial charge is 0.328 e. The van der Waals surface area contributed by atoms with Gasteiger partial charge in [0.05, 0.1) is 5.56 Å².